The lowest BCUT2D eigenvalue weighted by atomic mass is 10.1. The molecule has 0 aromatic heterocycles. The first-order valence-corrected chi connectivity index (χ1v) is 8.76. The van der Waals surface area contributed by atoms with Gasteiger partial charge in [-0.05, 0) is 29.8 Å². The molecule has 5 nitrogen and oxygen atoms in total. The molecule has 26 heavy (non-hydrogen) atoms. The summed E-state index contributed by atoms with van der Waals surface area (Å²) in [6.07, 6.45) is -5.07. The summed E-state index contributed by atoms with van der Waals surface area (Å²) in [4.78, 5) is 10.9. The van der Waals surface area contributed by atoms with Crippen molar-refractivity contribution in [3.63, 3.8) is 0 Å². The maximum atomic E-state index is 13.5. The van der Waals surface area contributed by atoms with Gasteiger partial charge in [-0.3, -0.25) is 9.10 Å². The van der Waals surface area contributed by atoms with Gasteiger partial charge < -0.3 is 5.73 Å². The van der Waals surface area contributed by atoms with Crippen LogP contribution in [0.25, 0.3) is 0 Å². The minimum atomic E-state index is -5.07. The van der Waals surface area contributed by atoms with E-state index in [2.05, 4.69) is 0 Å². The number of para-hydroxylation sites is 1. The number of nitrogens with two attached hydrogens (primary N) is 1. The zero-order chi connectivity index (χ0) is 19.3. The van der Waals surface area contributed by atoms with E-state index in [1.807, 2.05) is 0 Å². The number of nitrogens with zero attached hydrogens (tertiary/aromatic N) is 1. The number of alkyl halides is 3. The lowest BCUT2D eigenvalue weighted by Gasteiger charge is -2.25. The number of anilines is 1. The van der Waals surface area contributed by atoms with Crippen LogP contribution in [0.15, 0.2) is 47.4 Å². The summed E-state index contributed by atoms with van der Waals surface area (Å²) in [6, 6.07) is 6.25. The Morgan fingerprint density at radius 1 is 1.15 bits per heavy atom. The van der Waals surface area contributed by atoms with Crippen molar-refractivity contribution in [1.82, 2.24) is 0 Å². The number of carbonyl (C=O) groups excluding carboxylic acids is 1. The molecule has 0 saturated heterocycles. The molecule has 0 aliphatic carbocycles. The fourth-order valence-electron chi connectivity index (χ4n) is 2.87. The van der Waals surface area contributed by atoms with Gasteiger partial charge in [0.25, 0.3) is 10.0 Å². The number of carbonyl (C=O) groups is 1. The van der Waals surface area contributed by atoms with E-state index < -0.39 is 44.4 Å². The largest absolute Gasteiger partial charge is 0.419 e. The molecule has 0 saturated carbocycles. The Bertz CT molecular complexity index is 989. The molecule has 2 N–H and O–H groups in total. The predicted octanol–water partition coefficient (Wildman–Crippen LogP) is 2.45. The number of hydrogen-bond acceptors (Lipinski definition) is 3. The van der Waals surface area contributed by atoms with E-state index in [0.717, 1.165) is 6.07 Å². The van der Waals surface area contributed by atoms with E-state index in [9.17, 15) is 30.8 Å². The van der Waals surface area contributed by atoms with Crippen molar-refractivity contribution in [1.29, 1.82) is 0 Å². The number of sulfonamides is 1. The summed E-state index contributed by atoms with van der Waals surface area (Å²) in [5, 5.41) is 0. The SMILES string of the molecule is NC(=O)[C@@H]1Cc2ccccc2N1S(=O)(=O)c1ccc(F)c(C(F)(F)F)c1. The normalized spacial score (nSPS) is 17.2. The molecular formula is C16H12F4N2O3S. The van der Waals surface area contributed by atoms with Crippen molar-refractivity contribution in [2.45, 2.75) is 23.5 Å². The third-order valence-electron chi connectivity index (χ3n) is 4.05. The molecule has 0 radical (unpaired) electrons. The highest BCUT2D eigenvalue weighted by Crippen LogP contribution is 2.38. The van der Waals surface area contributed by atoms with E-state index in [0.29, 0.717) is 15.9 Å². The summed E-state index contributed by atoms with van der Waals surface area (Å²) < 4.78 is 78.8. The molecule has 0 bridgehead atoms. The molecule has 10 heteroatoms. The van der Waals surface area contributed by atoms with Gasteiger partial charge in [0.2, 0.25) is 5.91 Å². The maximum Gasteiger partial charge on any atom is 0.419 e. The fourth-order valence-corrected chi connectivity index (χ4v) is 4.55. The van der Waals surface area contributed by atoms with Gasteiger partial charge in [-0.25, -0.2) is 12.8 Å². The molecular weight excluding hydrogens is 376 g/mol. The number of benzene rings is 2. The number of hydrogen-bond donors (Lipinski definition) is 1. The minimum absolute atomic E-state index is 0.00193. The molecule has 1 heterocycles. The first-order chi connectivity index (χ1) is 12.0. The van der Waals surface area contributed by atoms with E-state index in [1.54, 1.807) is 12.1 Å². The number of rotatable bonds is 3. The van der Waals surface area contributed by atoms with Crippen LogP contribution in [-0.2, 0) is 27.4 Å². The molecule has 1 aliphatic rings. The Hall–Kier alpha value is -2.62. The second kappa shape index (κ2) is 5.97. The van der Waals surface area contributed by atoms with Crippen molar-refractivity contribution in [2.75, 3.05) is 4.31 Å². The molecule has 0 spiro atoms. The fraction of sp³-hybridized carbons (Fsp3) is 0.188. The van der Waals surface area contributed by atoms with Gasteiger partial charge >= 0.3 is 6.18 Å². The van der Waals surface area contributed by atoms with Gasteiger partial charge in [-0.2, -0.15) is 13.2 Å². The molecule has 2 aromatic carbocycles. The van der Waals surface area contributed by atoms with E-state index >= 15 is 0 Å². The van der Waals surface area contributed by atoms with Crippen LogP contribution >= 0.6 is 0 Å². The summed E-state index contributed by atoms with van der Waals surface area (Å²) >= 11 is 0. The van der Waals surface area contributed by atoms with Crippen molar-refractivity contribution in [3.05, 3.63) is 59.4 Å². The lowest BCUT2D eigenvalue weighted by molar-refractivity contribution is -0.140. The monoisotopic (exact) mass is 388 g/mol. The van der Waals surface area contributed by atoms with Crippen LogP contribution in [0.2, 0.25) is 0 Å². The molecule has 2 aromatic rings. The molecule has 1 aliphatic heterocycles. The summed E-state index contributed by atoms with van der Waals surface area (Å²) in [7, 11) is -4.58. The summed E-state index contributed by atoms with van der Waals surface area (Å²) in [5.41, 5.74) is 4.23. The third kappa shape index (κ3) is 2.90. The number of fused-ring (bicyclic) bond motifs is 1. The maximum absolute atomic E-state index is 13.5. The molecule has 0 fully saturated rings. The van der Waals surface area contributed by atoms with Crippen molar-refractivity contribution in [3.8, 4) is 0 Å². The van der Waals surface area contributed by atoms with Gasteiger partial charge in [0.15, 0.2) is 0 Å². The highest BCUT2D eigenvalue weighted by Gasteiger charge is 2.42. The van der Waals surface area contributed by atoms with Crippen molar-refractivity contribution >= 4 is 21.6 Å². The van der Waals surface area contributed by atoms with Crippen LogP contribution < -0.4 is 10.0 Å². The average molecular weight is 388 g/mol. The minimum Gasteiger partial charge on any atom is -0.368 e. The van der Waals surface area contributed by atoms with Gasteiger partial charge in [-0.1, -0.05) is 18.2 Å². The Labute approximate surface area is 146 Å². The second-order valence-electron chi connectivity index (χ2n) is 5.69. The van der Waals surface area contributed by atoms with Crippen LogP contribution in [0.3, 0.4) is 0 Å². The van der Waals surface area contributed by atoms with E-state index in [4.69, 9.17) is 5.73 Å². The number of amides is 1. The van der Waals surface area contributed by atoms with Gasteiger partial charge in [-0.15, -0.1) is 0 Å². The van der Waals surface area contributed by atoms with E-state index in [1.165, 1.54) is 12.1 Å². The van der Waals surface area contributed by atoms with Crippen molar-refractivity contribution < 1.29 is 30.8 Å². The zero-order valence-electron chi connectivity index (χ0n) is 13.0. The molecule has 0 unspecified atom stereocenters. The summed E-state index contributed by atoms with van der Waals surface area (Å²) in [6.45, 7) is 0. The number of halogens is 4. The van der Waals surface area contributed by atoms with Gasteiger partial charge in [0.05, 0.1) is 16.1 Å². The van der Waals surface area contributed by atoms with Crippen LogP contribution in [0.1, 0.15) is 11.1 Å². The zero-order valence-corrected chi connectivity index (χ0v) is 13.8. The molecule has 3 rings (SSSR count). The molecule has 1 atom stereocenters. The standard InChI is InChI=1S/C16H12F4N2O3S/c17-12-6-5-10(8-11(12)16(18,19)20)26(24,25)22-13-4-2-1-3-9(13)7-14(22)15(21)23/h1-6,8,14H,7H2,(H2,21,23)/t14-/m0/s1. The predicted molar refractivity (Wildman–Crippen MR) is 84.2 cm³/mol. The second-order valence-corrected chi connectivity index (χ2v) is 7.51. The van der Waals surface area contributed by atoms with Gasteiger partial charge in [0, 0.05) is 6.42 Å². The highest BCUT2D eigenvalue weighted by molar-refractivity contribution is 7.93. The third-order valence-corrected chi connectivity index (χ3v) is 5.87. The van der Waals surface area contributed by atoms with Crippen LogP contribution in [0.5, 0.6) is 0 Å². The Morgan fingerprint density at radius 3 is 2.42 bits per heavy atom. The Morgan fingerprint density at radius 2 is 1.81 bits per heavy atom. The van der Waals surface area contributed by atoms with Crippen molar-refractivity contribution in [2.24, 2.45) is 5.73 Å². The molecule has 1 amide bonds. The smallest absolute Gasteiger partial charge is 0.368 e. The van der Waals surface area contributed by atoms with E-state index in [-0.39, 0.29) is 18.2 Å². The average Bonchev–Trinajstić information content (AvgIpc) is 2.94. The highest BCUT2D eigenvalue weighted by atomic mass is 32.2. The first kappa shape index (κ1) is 18.2. The summed E-state index contributed by atoms with van der Waals surface area (Å²) in [5.74, 6) is -2.53. The molecule has 138 valence electrons. The topological polar surface area (TPSA) is 80.5 Å². The Kier molecular flexibility index (Phi) is 4.18. The van der Waals surface area contributed by atoms with Crippen LogP contribution in [-0.4, -0.2) is 20.4 Å². The van der Waals surface area contributed by atoms with Crippen LogP contribution in [0.4, 0.5) is 23.2 Å². The van der Waals surface area contributed by atoms with Crippen LogP contribution in [0, 0.1) is 5.82 Å². The quantitative estimate of drug-likeness (QED) is 0.821. The Balaban J connectivity index is 2.17. The number of primary amides is 1. The van der Waals surface area contributed by atoms with Gasteiger partial charge in [0.1, 0.15) is 11.9 Å². The first-order valence-electron chi connectivity index (χ1n) is 7.32. The lowest BCUT2D eigenvalue weighted by Crippen LogP contribution is -2.46.